The van der Waals surface area contributed by atoms with Crippen LogP contribution in [0.3, 0.4) is 0 Å². The number of carbonyl (C=O) groups excluding carboxylic acids is 1. The Morgan fingerprint density at radius 1 is 1.24 bits per heavy atom. The predicted molar refractivity (Wildman–Crippen MR) is 86.4 cm³/mol. The summed E-state index contributed by atoms with van der Waals surface area (Å²) in [6.45, 7) is 8.26. The maximum absolute atomic E-state index is 12.1. The summed E-state index contributed by atoms with van der Waals surface area (Å²) in [6, 6.07) is 7.90. The van der Waals surface area contributed by atoms with E-state index in [1.807, 2.05) is 31.2 Å². The third-order valence-corrected chi connectivity index (χ3v) is 3.81. The minimum Gasteiger partial charge on any atom is -0.330 e. The van der Waals surface area contributed by atoms with E-state index >= 15 is 0 Å². The molecule has 1 aliphatic rings. The van der Waals surface area contributed by atoms with Crippen molar-refractivity contribution in [2.24, 2.45) is 5.73 Å². The van der Waals surface area contributed by atoms with Gasteiger partial charge in [-0.1, -0.05) is 12.1 Å². The molecule has 1 aromatic rings. The average molecular weight is 290 g/mol. The summed E-state index contributed by atoms with van der Waals surface area (Å²) in [6.07, 6.45) is 1.05. The molecular weight excluding hydrogens is 264 g/mol. The molecule has 116 valence electrons. The van der Waals surface area contributed by atoms with Crippen molar-refractivity contribution < 1.29 is 4.79 Å². The van der Waals surface area contributed by atoms with Gasteiger partial charge in [0.25, 0.3) is 0 Å². The van der Waals surface area contributed by atoms with Gasteiger partial charge in [-0.2, -0.15) is 0 Å². The van der Waals surface area contributed by atoms with E-state index in [4.69, 9.17) is 5.73 Å². The SMILES string of the molecule is Cc1cccc(NC(=O)CN2CCN(CCCN)CC2)c1. The Hall–Kier alpha value is -1.43. The van der Waals surface area contributed by atoms with Gasteiger partial charge in [0, 0.05) is 31.9 Å². The lowest BCUT2D eigenvalue weighted by Crippen LogP contribution is -2.48. The highest BCUT2D eigenvalue weighted by Crippen LogP contribution is 2.10. The lowest BCUT2D eigenvalue weighted by Gasteiger charge is -2.34. The topological polar surface area (TPSA) is 61.6 Å². The van der Waals surface area contributed by atoms with Gasteiger partial charge in [-0.05, 0) is 44.1 Å². The van der Waals surface area contributed by atoms with Crippen molar-refractivity contribution in [1.82, 2.24) is 9.80 Å². The van der Waals surface area contributed by atoms with Crippen molar-refractivity contribution in [3.63, 3.8) is 0 Å². The minimum absolute atomic E-state index is 0.0657. The number of aryl methyl sites for hydroxylation is 1. The summed E-state index contributed by atoms with van der Waals surface area (Å²) in [5.41, 5.74) is 7.56. The zero-order valence-corrected chi connectivity index (χ0v) is 12.8. The lowest BCUT2D eigenvalue weighted by molar-refractivity contribution is -0.117. The van der Waals surface area contributed by atoms with Gasteiger partial charge in [0.05, 0.1) is 6.54 Å². The van der Waals surface area contributed by atoms with E-state index in [9.17, 15) is 4.79 Å². The number of nitrogens with one attached hydrogen (secondary N) is 1. The molecule has 1 amide bonds. The van der Waals surface area contributed by atoms with E-state index in [0.717, 1.165) is 56.9 Å². The number of amides is 1. The number of nitrogens with zero attached hydrogens (tertiary/aromatic N) is 2. The summed E-state index contributed by atoms with van der Waals surface area (Å²) in [5.74, 6) is 0.0657. The molecule has 1 aliphatic heterocycles. The third-order valence-electron chi connectivity index (χ3n) is 3.81. The zero-order valence-electron chi connectivity index (χ0n) is 12.8. The number of carbonyl (C=O) groups is 1. The number of piperazine rings is 1. The number of hydrogen-bond donors (Lipinski definition) is 2. The highest BCUT2D eigenvalue weighted by molar-refractivity contribution is 5.92. The first-order valence-corrected chi connectivity index (χ1v) is 7.68. The molecule has 0 saturated carbocycles. The Kier molecular flexibility index (Phi) is 6.17. The second kappa shape index (κ2) is 8.12. The van der Waals surface area contributed by atoms with Crippen LogP contribution in [-0.2, 0) is 4.79 Å². The lowest BCUT2D eigenvalue weighted by atomic mass is 10.2. The molecule has 1 fully saturated rings. The van der Waals surface area contributed by atoms with Crippen molar-refractivity contribution in [2.75, 3.05) is 51.1 Å². The van der Waals surface area contributed by atoms with Crippen LogP contribution in [0.1, 0.15) is 12.0 Å². The number of benzene rings is 1. The van der Waals surface area contributed by atoms with Gasteiger partial charge in [-0.25, -0.2) is 0 Å². The van der Waals surface area contributed by atoms with Crippen LogP contribution >= 0.6 is 0 Å². The van der Waals surface area contributed by atoms with Crippen molar-refractivity contribution in [1.29, 1.82) is 0 Å². The molecule has 0 unspecified atom stereocenters. The second-order valence-electron chi connectivity index (χ2n) is 5.68. The van der Waals surface area contributed by atoms with E-state index in [1.165, 1.54) is 0 Å². The maximum Gasteiger partial charge on any atom is 0.238 e. The molecule has 3 N–H and O–H groups in total. The van der Waals surface area contributed by atoms with Crippen LogP contribution in [0.2, 0.25) is 0 Å². The van der Waals surface area contributed by atoms with Crippen LogP contribution in [0.5, 0.6) is 0 Å². The van der Waals surface area contributed by atoms with Gasteiger partial charge in [0.2, 0.25) is 5.91 Å². The van der Waals surface area contributed by atoms with E-state index in [1.54, 1.807) is 0 Å². The Morgan fingerprint density at radius 3 is 2.62 bits per heavy atom. The molecule has 0 spiro atoms. The minimum atomic E-state index is 0.0657. The van der Waals surface area contributed by atoms with Gasteiger partial charge < -0.3 is 16.0 Å². The van der Waals surface area contributed by atoms with Crippen LogP contribution in [0.25, 0.3) is 0 Å². The van der Waals surface area contributed by atoms with Crippen LogP contribution < -0.4 is 11.1 Å². The third kappa shape index (κ3) is 5.46. The van der Waals surface area contributed by atoms with Gasteiger partial charge in [-0.15, -0.1) is 0 Å². The van der Waals surface area contributed by atoms with Crippen LogP contribution in [0.4, 0.5) is 5.69 Å². The van der Waals surface area contributed by atoms with Gasteiger partial charge in [0.1, 0.15) is 0 Å². The monoisotopic (exact) mass is 290 g/mol. The van der Waals surface area contributed by atoms with Crippen molar-refractivity contribution in [2.45, 2.75) is 13.3 Å². The standard InChI is InChI=1S/C16H26N4O/c1-14-4-2-5-15(12-14)18-16(21)13-20-10-8-19(9-11-20)7-3-6-17/h2,4-5,12H,3,6-11,13,17H2,1H3,(H,18,21). The fraction of sp³-hybridized carbons (Fsp3) is 0.562. The summed E-state index contributed by atoms with van der Waals surface area (Å²) >= 11 is 0. The average Bonchev–Trinajstić information content (AvgIpc) is 2.46. The molecule has 1 heterocycles. The molecule has 0 atom stereocenters. The fourth-order valence-corrected chi connectivity index (χ4v) is 2.61. The molecule has 1 saturated heterocycles. The Morgan fingerprint density at radius 2 is 1.95 bits per heavy atom. The Labute approximate surface area is 127 Å². The summed E-state index contributed by atoms with van der Waals surface area (Å²) < 4.78 is 0. The van der Waals surface area contributed by atoms with Crippen LogP contribution in [0, 0.1) is 6.92 Å². The molecule has 1 aromatic carbocycles. The molecule has 5 nitrogen and oxygen atoms in total. The van der Waals surface area contributed by atoms with E-state index in [2.05, 4.69) is 15.1 Å². The number of rotatable bonds is 6. The van der Waals surface area contributed by atoms with E-state index < -0.39 is 0 Å². The van der Waals surface area contributed by atoms with Crippen LogP contribution in [0.15, 0.2) is 24.3 Å². The smallest absolute Gasteiger partial charge is 0.238 e. The zero-order chi connectivity index (χ0) is 15.1. The quantitative estimate of drug-likeness (QED) is 0.817. The summed E-state index contributed by atoms with van der Waals surface area (Å²) in [7, 11) is 0. The summed E-state index contributed by atoms with van der Waals surface area (Å²) in [4.78, 5) is 16.7. The Balaban J connectivity index is 1.72. The fourth-order valence-electron chi connectivity index (χ4n) is 2.61. The number of nitrogens with two attached hydrogens (primary N) is 1. The van der Waals surface area contributed by atoms with Crippen molar-refractivity contribution >= 4 is 11.6 Å². The normalized spacial score (nSPS) is 16.9. The first-order valence-electron chi connectivity index (χ1n) is 7.68. The molecule has 0 aliphatic carbocycles. The van der Waals surface area contributed by atoms with Crippen molar-refractivity contribution in [3.05, 3.63) is 29.8 Å². The highest BCUT2D eigenvalue weighted by atomic mass is 16.2. The molecule has 5 heteroatoms. The first-order chi connectivity index (χ1) is 10.2. The maximum atomic E-state index is 12.1. The largest absolute Gasteiger partial charge is 0.330 e. The first kappa shape index (κ1) is 15.9. The van der Waals surface area contributed by atoms with Crippen LogP contribution in [-0.4, -0.2) is 61.5 Å². The van der Waals surface area contributed by atoms with Gasteiger partial charge >= 0.3 is 0 Å². The van der Waals surface area contributed by atoms with E-state index in [0.29, 0.717) is 6.54 Å². The van der Waals surface area contributed by atoms with E-state index in [-0.39, 0.29) is 5.91 Å². The van der Waals surface area contributed by atoms with Crippen molar-refractivity contribution in [3.8, 4) is 0 Å². The number of anilines is 1. The molecule has 2 rings (SSSR count). The molecule has 0 radical (unpaired) electrons. The summed E-state index contributed by atoms with van der Waals surface area (Å²) in [5, 5.41) is 2.96. The number of hydrogen-bond acceptors (Lipinski definition) is 4. The molecular formula is C16H26N4O. The second-order valence-corrected chi connectivity index (χ2v) is 5.68. The molecule has 21 heavy (non-hydrogen) atoms. The molecule has 0 bridgehead atoms. The Bertz CT molecular complexity index is 455. The van der Waals surface area contributed by atoms with Gasteiger partial charge in [-0.3, -0.25) is 9.69 Å². The predicted octanol–water partition coefficient (Wildman–Crippen LogP) is 0.900. The van der Waals surface area contributed by atoms with Gasteiger partial charge in [0.15, 0.2) is 0 Å². The molecule has 0 aromatic heterocycles. The highest BCUT2D eigenvalue weighted by Gasteiger charge is 2.18.